The molecule has 1 fully saturated rings. The number of nitrogens with one attached hydrogen (secondary N) is 2. The first kappa shape index (κ1) is 18.2. The van der Waals surface area contributed by atoms with Crippen molar-refractivity contribution in [3.8, 4) is 5.75 Å². The number of carbonyl (C=O) groups excluding carboxylic acids is 1. The Morgan fingerprint density at radius 1 is 1.11 bits per heavy atom. The highest BCUT2D eigenvalue weighted by Crippen LogP contribution is 2.18. The van der Waals surface area contributed by atoms with Gasteiger partial charge in [0.15, 0.2) is 0 Å². The van der Waals surface area contributed by atoms with Crippen LogP contribution in [0, 0.1) is 0 Å². The summed E-state index contributed by atoms with van der Waals surface area (Å²) in [5.74, 6) is 1.72. The largest absolute Gasteiger partial charge is 0.497 e. The lowest BCUT2D eigenvalue weighted by atomic mass is 10.1. The second-order valence-corrected chi connectivity index (χ2v) is 6.88. The number of hydrogen-bond acceptors (Lipinski definition) is 4. The normalized spacial score (nSPS) is 14.3. The fraction of sp³-hybridized carbons (Fsp3) is 0.333. The van der Waals surface area contributed by atoms with Crippen molar-refractivity contribution in [2.24, 2.45) is 0 Å². The molecule has 3 aromatic rings. The number of ether oxygens (including phenoxy) is 1. The molecule has 7 heteroatoms. The van der Waals surface area contributed by atoms with E-state index in [1.54, 1.807) is 7.11 Å². The molecule has 0 spiro atoms. The molecule has 7 nitrogen and oxygen atoms in total. The zero-order chi connectivity index (χ0) is 19.3. The summed E-state index contributed by atoms with van der Waals surface area (Å²) in [6.45, 7) is 3.53. The molecular weight excluding hydrogens is 354 g/mol. The molecule has 0 atom stereocenters. The van der Waals surface area contributed by atoms with Gasteiger partial charge in [0, 0.05) is 32.7 Å². The van der Waals surface area contributed by atoms with E-state index < -0.39 is 0 Å². The van der Waals surface area contributed by atoms with E-state index in [2.05, 4.69) is 20.2 Å². The summed E-state index contributed by atoms with van der Waals surface area (Å²) in [6.07, 6.45) is 0.800. The molecule has 1 saturated heterocycles. The quantitative estimate of drug-likeness (QED) is 0.715. The molecule has 0 radical (unpaired) electrons. The number of H-pyrrole nitrogens is 1. The summed E-state index contributed by atoms with van der Waals surface area (Å²) < 4.78 is 5.16. The van der Waals surface area contributed by atoms with Crippen molar-refractivity contribution in [2.75, 3.05) is 44.7 Å². The van der Waals surface area contributed by atoms with Crippen LogP contribution in [-0.2, 0) is 6.42 Å². The average molecular weight is 379 g/mol. The number of aromatic nitrogens is 2. The van der Waals surface area contributed by atoms with Crippen molar-refractivity contribution in [1.82, 2.24) is 20.2 Å². The summed E-state index contributed by atoms with van der Waals surface area (Å²) in [5, 5.41) is 3.02. The molecule has 1 aromatic heterocycles. The van der Waals surface area contributed by atoms with Gasteiger partial charge in [0.2, 0.25) is 5.95 Å². The Hall–Kier alpha value is -3.22. The second-order valence-electron chi connectivity index (χ2n) is 6.88. The molecule has 1 aliphatic rings. The summed E-state index contributed by atoms with van der Waals surface area (Å²) in [7, 11) is 1.66. The number of imidazole rings is 1. The number of rotatable bonds is 5. The van der Waals surface area contributed by atoms with Gasteiger partial charge in [-0.1, -0.05) is 24.3 Å². The first-order valence-electron chi connectivity index (χ1n) is 9.58. The van der Waals surface area contributed by atoms with Gasteiger partial charge in [0.05, 0.1) is 18.1 Å². The lowest BCUT2D eigenvalue weighted by Gasteiger charge is -2.34. The predicted molar refractivity (Wildman–Crippen MR) is 110 cm³/mol. The monoisotopic (exact) mass is 379 g/mol. The number of nitrogens with zero attached hydrogens (tertiary/aromatic N) is 3. The Balaban J connectivity index is 1.24. The molecule has 2 amide bonds. The summed E-state index contributed by atoms with van der Waals surface area (Å²) in [5.41, 5.74) is 3.18. The number of aromatic amines is 1. The van der Waals surface area contributed by atoms with Crippen molar-refractivity contribution in [3.05, 3.63) is 54.1 Å². The fourth-order valence-electron chi connectivity index (χ4n) is 3.43. The summed E-state index contributed by atoms with van der Waals surface area (Å²) in [6, 6.07) is 15.9. The number of anilines is 1. The Morgan fingerprint density at radius 2 is 1.86 bits per heavy atom. The molecule has 0 aliphatic carbocycles. The molecular formula is C21H25N5O2. The summed E-state index contributed by atoms with van der Waals surface area (Å²) in [4.78, 5) is 24.5. The van der Waals surface area contributed by atoms with E-state index in [0.29, 0.717) is 19.6 Å². The summed E-state index contributed by atoms with van der Waals surface area (Å²) >= 11 is 0. The Morgan fingerprint density at radius 3 is 2.57 bits per heavy atom. The molecule has 4 rings (SSSR count). The topological polar surface area (TPSA) is 73.5 Å². The molecule has 0 unspecified atom stereocenters. The van der Waals surface area contributed by atoms with Crippen LogP contribution in [0.15, 0.2) is 48.5 Å². The van der Waals surface area contributed by atoms with E-state index in [0.717, 1.165) is 42.2 Å². The Bertz CT molecular complexity index is 896. The van der Waals surface area contributed by atoms with Crippen molar-refractivity contribution >= 4 is 23.0 Å². The van der Waals surface area contributed by atoms with Gasteiger partial charge in [-0.05, 0) is 36.2 Å². The molecule has 0 saturated carbocycles. The SMILES string of the molecule is COc1ccc(CCNC(=O)N2CCN(c3nc4ccccc4[nH]3)CC2)cc1. The second kappa shape index (κ2) is 8.21. The zero-order valence-electron chi connectivity index (χ0n) is 16.0. The molecule has 1 aliphatic heterocycles. The van der Waals surface area contributed by atoms with Crippen LogP contribution in [0.4, 0.5) is 10.7 Å². The highest BCUT2D eigenvalue weighted by atomic mass is 16.5. The van der Waals surface area contributed by atoms with Gasteiger partial charge in [-0.25, -0.2) is 9.78 Å². The van der Waals surface area contributed by atoms with Crippen LogP contribution in [-0.4, -0.2) is 60.7 Å². The molecule has 0 bridgehead atoms. The Labute approximate surface area is 164 Å². The van der Waals surface area contributed by atoms with E-state index in [4.69, 9.17) is 4.74 Å². The lowest BCUT2D eigenvalue weighted by molar-refractivity contribution is 0.194. The van der Waals surface area contributed by atoms with E-state index in [-0.39, 0.29) is 6.03 Å². The number of benzene rings is 2. The number of piperazine rings is 1. The standard InChI is InChI=1S/C21H25N5O2/c1-28-17-8-6-16(7-9-17)10-11-22-21(27)26-14-12-25(13-15-26)20-23-18-4-2-3-5-19(18)24-20/h2-9H,10-15H2,1H3,(H,22,27)(H,23,24). The van der Waals surface area contributed by atoms with Crippen molar-refractivity contribution < 1.29 is 9.53 Å². The van der Waals surface area contributed by atoms with Gasteiger partial charge in [0.1, 0.15) is 5.75 Å². The fourth-order valence-corrected chi connectivity index (χ4v) is 3.43. The third-order valence-corrected chi connectivity index (χ3v) is 5.09. The number of methoxy groups -OCH3 is 1. The van der Waals surface area contributed by atoms with Crippen LogP contribution in [0.1, 0.15) is 5.56 Å². The molecule has 146 valence electrons. The van der Waals surface area contributed by atoms with E-state index in [9.17, 15) is 4.79 Å². The van der Waals surface area contributed by atoms with E-state index in [1.807, 2.05) is 53.4 Å². The number of para-hydroxylation sites is 2. The van der Waals surface area contributed by atoms with Crippen molar-refractivity contribution in [1.29, 1.82) is 0 Å². The van der Waals surface area contributed by atoms with Crippen LogP contribution in [0.2, 0.25) is 0 Å². The van der Waals surface area contributed by atoms with Crippen molar-refractivity contribution in [2.45, 2.75) is 6.42 Å². The number of fused-ring (bicyclic) bond motifs is 1. The van der Waals surface area contributed by atoms with Crippen LogP contribution in [0.25, 0.3) is 11.0 Å². The number of urea groups is 1. The van der Waals surface area contributed by atoms with Crippen LogP contribution >= 0.6 is 0 Å². The first-order valence-corrected chi connectivity index (χ1v) is 9.58. The number of hydrogen-bond donors (Lipinski definition) is 2. The van der Waals surface area contributed by atoms with Gasteiger partial charge in [-0.3, -0.25) is 0 Å². The van der Waals surface area contributed by atoms with E-state index >= 15 is 0 Å². The minimum atomic E-state index is -0.00207. The zero-order valence-corrected chi connectivity index (χ0v) is 16.0. The molecule has 2 N–H and O–H groups in total. The van der Waals surface area contributed by atoms with Gasteiger partial charge < -0.3 is 24.8 Å². The highest BCUT2D eigenvalue weighted by molar-refractivity contribution is 5.77. The smallest absolute Gasteiger partial charge is 0.317 e. The highest BCUT2D eigenvalue weighted by Gasteiger charge is 2.22. The maximum atomic E-state index is 12.4. The van der Waals surface area contributed by atoms with Gasteiger partial charge >= 0.3 is 6.03 Å². The predicted octanol–water partition coefficient (Wildman–Crippen LogP) is 2.65. The molecule has 2 heterocycles. The molecule has 2 aromatic carbocycles. The maximum absolute atomic E-state index is 12.4. The van der Waals surface area contributed by atoms with Crippen LogP contribution < -0.4 is 15.0 Å². The third-order valence-electron chi connectivity index (χ3n) is 5.09. The van der Waals surface area contributed by atoms with E-state index in [1.165, 1.54) is 5.56 Å². The van der Waals surface area contributed by atoms with Crippen molar-refractivity contribution in [3.63, 3.8) is 0 Å². The van der Waals surface area contributed by atoms with Crippen LogP contribution in [0.3, 0.4) is 0 Å². The first-order chi connectivity index (χ1) is 13.7. The maximum Gasteiger partial charge on any atom is 0.317 e. The minimum Gasteiger partial charge on any atom is -0.497 e. The van der Waals surface area contributed by atoms with Gasteiger partial charge in [-0.15, -0.1) is 0 Å². The third kappa shape index (κ3) is 4.03. The molecule has 28 heavy (non-hydrogen) atoms. The Kier molecular flexibility index (Phi) is 5.32. The number of amides is 2. The number of carbonyl (C=O) groups is 1. The van der Waals surface area contributed by atoms with Gasteiger partial charge in [-0.2, -0.15) is 0 Å². The van der Waals surface area contributed by atoms with Crippen LogP contribution in [0.5, 0.6) is 5.75 Å². The minimum absolute atomic E-state index is 0.00207. The average Bonchev–Trinajstić information content (AvgIpc) is 3.18. The van der Waals surface area contributed by atoms with Gasteiger partial charge in [0.25, 0.3) is 0 Å². The lowest BCUT2D eigenvalue weighted by Crippen LogP contribution is -2.52.